The van der Waals surface area contributed by atoms with Gasteiger partial charge >= 0.3 is 0 Å². The molecule has 1 saturated heterocycles. The minimum absolute atomic E-state index is 0.118. The molecule has 1 fully saturated rings. The van der Waals surface area contributed by atoms with Crippen LogP contribution in [0.4, 0.5) is 11.5 Å². The Morgan fingerprint density at radius 1 is 0.897 bits per heavy atom. The van der Waals surface area contributed by atoms with Crippen molar-refractivity contribution >= 4 is 21.5 Å². The molecule has 150 valence electrons. The van der Waals surface area contributed by atoms with Crippen molar-refractivity contribution in [2.24, 2.45) is 0 Å². The van der Waals surface area contributed by atoms with Gasteiger partial charge in [0.15, 0.2) is 5.82 Å². The van der Waals surface area contributed by atoms with E-state index in [1.807, 2.05) is 18.2 Å². The number of nitrogens with zero attached hydrogens (tertiary/aromatic N) is 4. The molecular weight excluding hydrogens is 386 g/mol. The van der Waals surface area contributed by atoms with Crippen LogP contribution in [0.1, 0.15) is 25.7 Å². The summed E-state index contributed by atoms with van der Waals surface area (Å²) in [6.45, 7) is 2.03. The van der Waals surface area contributed by atoms with Gasteiger partial charge in [0.05, 0.1) is 5.69 Å². The summed E-state index contributed by atoms with van der Waals surface area (Å²) in [5.74, 6) is 0.893. The SMILES string of the molecule is O=S(=O)(Nc1cccc(-c2ccc(N3CCCCCC3)nn2)c1)c1cccnc1. The van der Waals surface area contributed by atoms with E-state index in [1.54, 1.807) is 24.3 Å². The van der Waals surface area contributed by atoms with Crippen LogP contribution in [0.25, 0.3) is 11.3 Å². The molecule has 29 heavy (non-hydrogen) atoms. The van der Waals surface area contributed by atoms with Crippen molar-refractivity contribution in [3.05, 3.63) is 60.9 Å². The number of sulfonamides is 1. The molecule has 0 spiro atoms. The first-order valence-corrected chi connectivity index (χ1v) is 11.2. The molecule has 7 nitrogen and oxygen atoms in total. The largest absolute Gasteiger partial charge is 0.355 e. The van der Waals surface area contributed by atoms with Gasteiger partial charge in [0.1, 0.15) is 4.90 Å². The standard InChI is InChI=1S/C21H23N5O2S/c27-29(28,19-9-6-12-22-16-19)25-18-8-5-7-17(15-18)20-10-11-21(24-23-20)26-13-3-1-2-4-14-26/h5-12,15-16,25H,1-4,13-14H2. The minimum Gasteiger partial charge on any atom is -0.355 e. The molecule has 1 N–H and O–H groups in total. The molecule has 1 aromatic carbocycles. The molecule has 8 heteroatoms. The number of anilines is 2. The van der Waals surface area contributed by atoms with Crippen LogP contribution in [0.2, 0.25) is 0 Å². The summed E-state index contributed by atoms with van der Waals surface area (Å²) in [6.07, 6.45) is 7.76. The Bertz CT molecular complexity index is 1050. The summed E-state index contributed by atoms with van der Waals surface area (Å²) in [4.78, 5) is 6.27. The normalized spacial score (nSPS) is 15.0. The van der Waals surface area contributed by atoms with Crippen LogP contribution in [0.15, 0.2) is 65.8 Å². The van der Waals surface area contributed by atoms with Crippen LogP contribution in [-0.2, 0) is 10.0 Å². The second-order valence-corrected chi connectivity index (χ2v) is 8.74. The van der Waals surface area contributed by atoms with Gasteiger partial charge in [0, 0.05) is 36.7 Å². The maximum Gasteiger partial charge on any atom is 0.263 e. The highest BCUT2D eigenvalue weighted by Gasteiger charge is 2.15. The van der Waals surface area contributed by atoms with Gasteiger partial charge in [-0.2, -0.15) is 0 Å². The van der Waals surface area contributed by atoms with E-state index in [9.17, 15) is 8.42 Å². The van der Waals surface area contributed by atoms with Crippen molar-refractivity contribution in [2.45, 2.75) is 30.6 Å². The van der Waals surface area contributed by atoms with E-state index < -0.39 is 10.0 Å². The van der Waals surface area contributed by atoms with Gasteiger partial charge in [0.25, 0.3) is 10.0 Å². The summed E-state index contributed by atoms with van der Waals surface area (Å²) in [7, 11) is -3.69. The number of nitrogens with one attached hydrogen (secondary N) is 1. The van der Waals surface area contributed by atoms with Crippen LogP contribution in [0.5, 0.6) is 0 Å². The Morgan fingerprint density at radius 3 is 2.41 bits per heavy atom. The highest BCUT2D eigenvalue weighted by atomic mass is 32.2. The summed E-state index contributed by atoms with van der Waals surface area (Å²) in [5.41, 5.74) is 1.96. The summed E-state index contributed by atoms with van der Waals surface area (Å²) in [6, 6.07) is 14.2. The van der Waals surface area contributed by atoms with Gasteiger partial charge in [-0.15, -0.1) is 10.2 Å². The number of pyridine rings is 1. The molecule has 1 aliphatic heterocycles. The fourth-order valence-electron chi connectivity index (χ4n) is 3.41. The van der Waals surface area contributed by atoms with Crippen molar-refractivity contribution in [3.63, 3.8) is 0 Å². The summed E-state index contributed by atoms with van der Waals surface area (Å²) < 4.78 is 27.6. The number of aromatic nitrogens is 3. The van der Waals surface area contributed by atoms with Crippen LogP contribution in [0, 0.1) is 0 Å². The van der Waals surface area contributed by atoms with E-state index in [0.717, 1.165) is 24.5 Å². The third-order valence-corrected chi connectivity index (χ3v) is 6.30. The average Bonchev–Trinajstić information content (AvgIpc) is 3.04. The number of benzene rings is 1. The Hall–Kier alpha value is -3.00. The van der Waals surface area contributed by atoms with Crippen molar-refractivity contribution in [1.29, 1.82) is 0 Å². The fraction of sp³-hybridized carbons (Fsp3) is 0.286. The predicted molar refractivity (Wildman–Crippen MR) is 113 cm³/mol. The lowest BCUT2D eigenvalue weighted by Gasteiger charge is -2.20. The van der Waals surface area contributed by atoms with Gasteiger partial charge in [-0.05, 0) is 49.2 Å². The Labute approximate surface area is 170 Å². The van der Waals surface area contributed by atoms with Gasteiger partial charge in [-0.1, -0.05) is 25.0 Å². The fourth-order valence-corrected chi connectivity index (χ4v) is 4.42. The summed E-state index contributed by atoms with van der Waals surface area (Å²) in [5, 5.41) is 8.77. The molecule has 0 radical (unpaired) electrons. The molecule has 0 atom stereocenters. The maximum absolute atomic E-state index is 12.5. The van der Waals surface area contributed by atoms with E-state index >= 15 is 0 Å². The molecule has 3 aromatic rings. The van der Waals surface area contributed by atoms with E-state index in [-0.39, 0.29) is 4.90 Å². The minimum atomic E-state index is -3.69. The average molecular weight is 410 g/mol. The van der Waals surface area contributed by atoms with Crippen molar-refractivity contribution < 1.29 is 8.42 Å². The molecule has 2 aromatic heterocycles. The zero-order valence-electron chi connectivity index (χ0n) is 16.0. The molecule has 0 aliphatic carbocycles. The molecule has 4 rings (SSSR count). The van der Waals surface area contributed by atoms with Crippen LogP contribution in [-0.4, -0.2) is 36.7 Å². The van der Waals surface area contributed by atoms with Crippen LogP contribution < -0.4 is 9.62 Å². The van der Waals surface area contributed by atoms with Gasteiger partial charge in [-0.3, -0.25) is 9.71 Å². The first-order valence-electron chi connectivity index (χ1n) is 9.74. The predicted octanol–water partition coefficient (Wildman–Crippen LogP) is 3.72. The van der Waals surface area contributed by atoms with E-state index in [2.05, 4.69) is 24.8 Å². The van der Waals surface area contributed by atoms with E-state index in [0.29, 0.717) is 11.4 Å². The van der Waals surface area contributed by atoms with Crippen molar-refractivity contribution in [1.82, 2.24) is 15.2 Å². The lowest BCUT2D eigenvalue weighted by molar-refractivity contribution is 0.601. The smallest absolute Gasteiger partial charge is 0.263 e. The lowest BCUT2D eigenvalue weighted by atomic mass is 10.1. The molecule has 1 aliphatic rings. The topological polar surface area (TPSA) is 88.1 Å². The monoisotopic (exact) mass is 409 g/mol. The zero-order chi connectivity index (χ0) is 20.1. The van der Waals surface area contributed by atoms with Crippen LogP contribution >= 0.6 is 0 Å². The Kier molecular flexibility index (Phi) is 5.71. The lowest BCUT2D eigenvalue weighted by Crippen LogP contribution is -2.25. The second-order valence-electron chi connectivity index (χ2n) is 7.05. The maximum atomic E-state index is 12.5. The van der Waals surface area contributed by atoms with Gasteiger partial charge < -0.3 is 4.90 Å². The Morgan fingerprint density at radius 2 is 1.72 bits per heavy atom. The third-order valence-electron chi connectivity index (χ3n) is 4.94. The van der Waals surface area contributed by atoms with Crippen molar-refractivity contribution in [2.75, 3.05) is 22.7 Å². The highest BCUT2D eigenvalue weighted by Crippen LogP contribution is 2.24. The first-order chi connectivity index (χ1) is 14.1. The Balaban J connectivity index is 1.53. The van der Waals surface area contributed by atoms with E-state index in [1.165, 1.54) is 44.1 Å². The first kappa shape index (κ1) is 19.3. The van der Waals surface area contributed by atoms with Gasteiger partial charge in [-0.25, -0.2) is 8.42 Å². The third kappa shape index (κ3) is 4.71. The van der Waals surface area contributed by atoms with Gasteiger partial charge in [0.2, 0.25) is 0 Å². The number of hydrogen-bond donors (Lipinski definition) is 1. The highest BCUT2D eigenvalue weighted by molar-refractivity contribution is 7.92. The molecule has 0 saturated carbocycles. The molecular formula is C21H23N5O2S. The van der Waals surface area contributed by atoms with Crippen LogP contribution in [0.3, 0.4) is 0 Å². The number of hydrogen-bond acceptors (Lipinski definition) is 6. The molecule has 0 unspecified atom stereocenters. The number of rotatable bonds is 5. The van der Waals surface area contributed by atoms with E-state index in [4.69, 9.17) is 0 Å². The molecule has 3 heterocycles. The molecule has 0 amide bonds. The summed E-state index contributed by atoms with van der Waals surface area (Å²) >= 11 is 0. The second kappa shape index (κ2) is 8.57. The zero-order valence-corrected chi connectivity index (χ0v) is 16.8. The quantitative estimate of drug-likeness (QED) is 0.691. The van der Waals surface area contributed by atoms with Crippen molar-refractivity contribution in [3.8, 4) is 11.3 Å². The molecule has 0 bridgehead atoms.